The van der Waals surface area contributed by atoms with Crippen molar-refractivity contribution >= 4 is 11.8 Å². The number of β-amino-alcohol motifs (C(OH)–C–C–N with tert-alkyl or cyclic N) is 1. The third-order valence-electron chi connectivity index (χ3n) is 3.70. The Morgan fingerprint density at radius 2 is 1.75 bits per heavy atom. The zero-order valence-electron chi connectivity index (χ0n) is 12.4. The SMILES string of the molecule is Cc1cc(C)cc(C(O)CN2C(=O)CC(C)(C)C2=O)c1. The van der Waals surface area contributed by atoms with Crippen LogP contribution in [0.1, 0.15) is 43.1 Å². The molecule has 0 radical (unpaired) electrons. The van der Waals surface area contributed by atoms with Gasteiger partial charge in [0.05, 0.1) is 18.1 Å². The first-order chi connectivity index (χ1) is 9.20. The van der Waals surface area contributed by atoms with Crippen molar-refractivity contribution < 1.29 is 14.7 Å². The van der Waals surface area contributed by atoms with E-state index < -0.39 is 11.5 Å². The van der Waals surface area contributed by atoms with E-state index in [0.717, 1.165) is 16.7 Å². The number of nitrogens with zero attached hydrogens (tertiary/aromatic N) is 1. The van der Waals surface area contributed by atoms with E-state index in [4.69, 9.17) is 0 Å². The van der Waals surface area contributed by atoms with Crippen LogP contribution in [0, 0.1) is 19.3 Å². The van der Waals surface area contributed by atoms with Crippen LogP contribution in [0.5, 0.6) is 0 Å². The lowest BCUT2D eigenvalue weighted by Crippen LogP contribution is -2.36. The summed E-state index contributed by atoms with van der Waals surface area (Å²) in [5.74, 6) is -0.408. The number of carbonyl (C=O) groups is 2. The van der Waals surface area contributed by atoms with E-state index in [2.05, 4.69) is 0 Å². The Hall–Kier alpha value is -1.68. The van der Waals surface area contributed by atoms with Crippen LogP contribution in [0.15, 0.2) is 18.2 Å². The first kappa shape index (κ1) is 14.7. The van der Waals surface area contributed by atoms with E-state index in [-0.39, 0.29) is 24.8 Å². The Bertz CT molecular complexity index is 543. The van der Waals surface area contributed by atoms with Crippen LogP contribution in [0.3, 0.4) is 0 Å². The topological polar surface area (TPSA) is 57.6 Å². The van der Waals surface area contributed by atoms with Crippen LogP contribution in [-0.4, -0.2) is 28.4 Å². The molecule has 0 bridgehead atoms. The fourth-order valence-corrected chi connectivity index (χ4v) is 2.69. The number of rotatable bonds is 3. The van der Waals surface area contributed by atoms with Gasteiger partial charge in [-0.05, 0) is 19.4 Å². The van der Waals surface area contributed by atoms with Gasteiger partial charge in [-0.2, -0.15) is 0 Å². The molecule has 4 heteroatoms. The first-order valence-electron chi connectivity index (χ1n) is 6.82. The zero-order chi connectivity index (χ0) is 15.1. The molecule has 0 aromatic heterocycles. The van der Waals surface area contributed by atoms with E-state index in [1.54, 1.807) is 13.8 Å². The second kappa shape index (κ2) is 5.02. The van der Waals surface area contributed by atoms with Gasteiger partial charge in [-0.1, -0.05) is 43.2 Å². The molecule has 1 N–H and O–H groups in total. The lowest BCUT2D eigenvalue weighted by molar-refractivity contribution is -0.142. The number of imide groups is 1. The van der Waals surface area contributed by atoms with E-state index in [0.29, 0.717) is 0 Å². The highest BCUT2D eigenvalue weighted by Gasteiger charge is 2.45. The Morgan fingerprint density at radius 3 is 2.20 bits per heavy atom. The number of aryl methyl sites for hydroxylation is 2. The smallest absolute Gasteiger partial charge is 0.235 e. The molecule has 0 aliphatic carbocycles. The highest BCUT2D eigenvalue weighted by atomic mass is 16.3. The average Bonchev–Trinajstić information content (AvgIpc) is 2.50. The molecule has 0 saturated carbocycles. The van der Waals surface area contributed by atoms with Gasteiger partial charge in [0.25, 0.3) is 0 Å². The van der Waals surface area contributed by atoms with Crippen molar-refractivity contribution in [2.45, 2.75) is 40.2 Å². The number of carbonyl (C=O) groups excluding carboxylic acids is 2. The quantitative estimate of drug-likeness (QED) is 0.860. The van der Waals surface area contributed by atoms with Crippen molar-refractivity contribution in [2.24, 2.45) is 5.41 Å². The van der Waals surface area contributed by atoms with Crippen molar-refractivity contribution in [3.63, 3.8) is 0 Å². The molecule has 20 heavy (non-hydrogen) atoms. The minimum Gasteiger partial charge on any atom is -0.387 e. The lowest BCUT2D eigenvalue weighted by atomic mass is 9.92. The van der Waals surface area contributed by atoms with E-state index in [1.807, 2.05) is 32.0 Å². The molecule has 2 rings (SSSR count). The van der Waals surface area contributed by atoms with E-state index in [1.165, 1.54) is 4.90 Å². The molecule has 1 saturated heterocycles. The van der Waals surface area contributed by atoms with Gasteiger partial charge in [0.1, 0.15) is 0 Å². The van der Waals surface area contributed by atoms with Crippen LogP contribution in [0.25, 0.3) is 0 Å². The van der Waals surface area contributed by atoms with Gasteiger partial charge >= 0.3 is 0 Å². The van der Waals surface area contributed by atoms with Gasteiger partial charge in [0.2, 0.25) is 11.8 Å². The van der Waals surface area contributed by atoms with Crippen molar-refractivity contribution in [1.29, 1.82) is 0 Å². The average molecular weight is 275 g/mol. The summed E-state index contributed by atoms with van der Waals surface area (Å²) < 4.78 is 0. The Morgan fingerprint density at radius 1 is 1.20 bits per heavy atom. The summed E-state index contributed by atoms with van der Waals surface area (Å²) in [4.78, 5) is 25.2. The maximum Gasteiger partial charge on any atom is 0.235 e. The predicted molar refractivity (Wildman–Crippen MR) is 76.0 cm³/mol. The van der Waals surface area contributed by atoms with Crippen molar-refractivity contribution in [1.82, 2.24) is 4.90 Å². The second-order valence-corrected chi connectivity index (χ2v) is 6.31. The molecule has 1 heterocycles. The molecule has 108 valence electrons. The third kappa shape index (κ3) is 2.75. The molecule has 1 atom stereocenters. The Kier molecular flexibility index (Phi) is 3.69. The van der Waals surface area contributed by atoms with Gasteiger partial charge in [0, 0.05) is 6.42 Å². The molecule has 4 nitrogen and oxygen atoms in total. The first-order valence-corrected chi connectivity index (χ1v) is 6.82. The lowest BCUT2D eigenvalue weighted by Gasteiger charge is -2.21. The molecule has 1 aromatic carbocycles. The highest BCUT2D eigenvalue weighted by molar-refractivity contribution is 6.05. The van der Waals surface area contributed by atoms with Crippen molar-refractivity contribution in [2.75, 3.05) is 6.54 Å². The van der Waals surface area contributed by atoms with Crippen molar-refractivity contribution in [3.05, 3.63) is 34.9 Å². The molecule has 1 aliphatic heterocycles. The summed E-state index contributed by atoms with van der Waals surface area (Å²) in [7, 11) is 0. The van der Waals surface area contributed by atoms with Crippen LogP contribution in [0.2, 0.25) is 0 Å². The largest absolute Gasteiger partial charge is 0.387 e. The summed E-state index contributed by atoms with van der Waals surface area (Å²) in [6, 6.07) is 5.78. The number of hydrogen-bond acceptors (Lipinski definition) is 3. The number of hydrogen-bond donors (Lipinski definition) is 1. The Balaban J connectivity index is 2.18. The predicted octanol–water partition coefficient (Wildman–Crippen LogP) is 2.12. The molecule has 2 amide bonds. The van der Waals surface area contributed by atoms with Crippen LogP contribution >= 0.6 is 0 Å². The van der Waals surface area contributed by atoms with Gasteiger partial charge in [0.15, 0.2) is 0 Å². The summed E-state index contributed by atoms with van der Waals surface area (Å²) in [6.07, 6.45) is -0.624. The monoisotopic (exact) mass is 275 g/mol. The number of aliphatic hydroxyl groups excluding tert-OH is 1. The number of likely N-dealkylation sites (tertiary alicyclic amines) is 1. The van der Waals surface area contributed by atoms with E-state index >= 15 is 0 Å². The van der Waals surface area contributed by atoms with Gasteiger partial charge in [-0.3, -0.25) is 14.5 Å². The Labute approximate surface area is 119 Å². The van der Waals surface area contributed by atoms with Crippen LogP contribution in [-0.2, 0) is 9.59 Å². The summed E-state index contributed by atoms with van der Waals surface area (Å²) in [6.45, 7) is 7.47. The number of aliphatic hydroxyl groups is 1. The summed E-state index contributed by atoms with van der Waals surface area (Å²) in [5, 5.41) is 10.3. The van der Waals surface area contributed by atoms with Gasteiger partial charge in [-0.25, -0.2) is 0 Å². The van der Waals surface area contributed by atoms with E-state index in [9.17, 15) is 14.7 Å². The normalized spacial score (nSPS) is 19.6. The molecule has 1 aliphatic rings. The molecular weight excluding hydrogens is 254 g/mol. The second-order valence-electron chi connectivity index (χ2n) is 6.31. The van der Waals surface area contributed by atoms with Crippen molar-refractivity contribution in [3.8, 4) is 0 Å². The maximum atomic E-state index is 12.1. The molecule has 1 unspecified atom stereocenters. The van der Waals surface area contributed by atoms with Gasteiger partial charge in [-0.15, -0.1) is 0 Å². The van der Waals surface area contributed by atoms with Gasteiger partial charge < -0.3 is 5.11 Å². The molecule has 1 aromatic rings. The minimum atomic E-state index is -0.838. The fraction of sp³-hybridized carbons (Fsp3) is 0.500. The fourth-order valence-electron chi connectivity index (χ4n) is 2.69. The zero-order valence-corrected chi connectivity index (χ0v) is 12.4. The number of amides is 2. The standard InChI is InChI=1S/C16H21NO3/c1-10-5-11(2)7-12(6-10)13(18)9-17-14(19)8-16(3,4)15(17)20/h5-7,13,18H,8-9H2,1-4H3. The summed E-state index contributed by atoms with van der Waals surface area (Å²) >= 11 is 0. The molecule has 0 spiro atoms. The highest BCUT2D eigenvalue weighted by Crippen LogP contribution is 2.32. The summed E-state index contributed by atoms with van der Waals surface area (Å²) in [5.41, 5.74) is 2.20. The van der Waals surface area contributed by atoms with Crippen LogP contribution in [0.4, 0.5) is 0 Å². The third-order valence-corrected chi connectivity index (χ3v) is 3.70. The van der Waals surface area contributed by atoms with Crippen LogP contribution < -0.4 is 0 Å². The molecule has 1 fully saturated rings. The maximum absolute atomic E-state index is 12.1. The minimum absolute atomic E-state index is 0.0317. The number of benzene rings is 1. The molecular formula is C16H21NO3.